The number of hydrogen-bond donors (Lipinski definition) is 0. The fraction of sp³-hybridized carbons (Fsp3) is 0.733. The lowest BCUT2D eigenvalue weighted by atomic mass is 9.97. The molecule has 110 valence electrons. The lowest BCUT2D eigenvalue weighted by Gasteiger charge is -2.47. The zero-order valence-electron chi connectivity index (χ0n) is 12.3. The highest BCUT2D eigenvalue weighted by molar-refractivity contribution is 6.17. The maximum Gasteiger partial charge on any atom is 0.225 e. The standard InChI is InChI=1S/C15H23ClN4/c1-11-9-19-6-4-3-5-14(19)10-20(11)15-17-8-13(7-16)12(2)18-15/h8,11,14H,3-7,9-10H2,1-2H3. The van der Waals surface area contributed by atoms with Gasteiger partial charge in [0.25, 0.3) is 0 Å². The van der Waals surface area contributed by atoms with Gasteiger partial charge in [-0.15, -0.1) is 11.6 Å². The Morgan fingerprint density at radius 1 is 1.35 bits per heavy atom. The van der Waals surface area contributed by atoms with E-state index < -0.39 is 0 Å². The van der Waals surface area contributed by atoms with Gasteiger partial charge >= 0.3 is 0 Å². The van der Waals surface area contributed by atoms with Crippen LogP contribution in [0.4, 0.5) is 5.95 Å². The molecule has 0 radical (unpaired) electrons. The molecule has 5 heteroatoms. The van der Waals surface area contributed by atoms with Gasteiger partial charge in [0.15, 0.2) is 0 Å². The van der Waals surface area contributed by atoms with E-state index in [0.717, 1.165) is 30.3 Å². The summed E-state index contributed by atoms with van der Waals surface area (Å²) in [6.07, 6.45) is 5.89. The number of piperazine rings is 1. The second kappa shape index (κ2) is 5.86. The molecule has 2 saturated heterocycles. The number of aryl methyl sites for hydroxylation is 1. The van der Waals surface area contributed by atoms with Gasteiger partial charge in [-0.25, -0.2) is 9.97 Å². The van der Waals surface area contributed by atoms with Crippen molar-refractivity contribution in [3.63, 3.8) is 0 Å². The van der Waals surface area contributed by atoms with Gasteiger partial charge in [-0.05, 0) is 33.2 Å². The van der Waals surface area contributed by atoms with E-state index in [1.54, 1.807) is 0 Å². The van der Waals surface area contributed by atoms with E-state index in [1.165, 1.54) is 25.8 Å². The van der Waals surface area contributed by atoms with Crippen LogP contribution in [0.15, 0.2) is 6.20 Å². The van der Waals surface area contributed by atoms with E-state index in [4.69, 9.17) is 11.6 Å². The molecule has 0 aromatic carbocycles. The third-order valence-electron chi connectivity index (χ3n) is 4.66. The van der Waals surface area contributed by atoms with Crippen molar-refractivity contribution in [2.45, 2.75) is 51.1 Å². The molecule has 2 fully saturated rings. The molecule has 0 aliphatic carbocycles. The number of piperidine rings is 1. The van der Waals surface area contributed by atoms with Gasteiger partial charge in [0.2, 0.25) is 5.95 Å². The molecule has 0 N–H and O–H groups in total. The SMILES string of the molecule is Cc1nc(N2CC3CCCCN3CC2C)ncc1CCl. The average molecular weight is 295 g/mol. The Morgan fingerprint density at radius 3 is 2.95 bits per heavy atom. The maximum atomic E-state index is 5.89. The number of hydrogen-bond acceptors (Lipinski definition) is 4. The summed E-state index contributed by atoms with van der Waals surface area (Å²) in [6, 6.07) is 1.15. The molecular formula is C15H23ClN4. The van der Waals surface area contributed by atoms with Crippen LogP contribution in [0.5, 0.6) is 0 Å². The zero-order chi connectivity index (χ0) is 14.1. The minimum absolute atomic E-state index is 0.477. The summed E-state index contributed by atoms with van der Waals surface area (Å²) >= 11 is 5.89. The fourth-order valence-corrected chi connectivity index (χ4v) is 3.64. The third kappa shape index (κ3) is 2.63. The van der Waals surface area contributed by atoms with Gasteiger partial charge in [0.1, 0.15) is 0 Å². The fourth-order valence-electron chi connectivity index (χ4n) is 3.38. The Hall–Kier alpha value is -0.870. The summed E-state index contributed by atoms with van der Waals surface area (Å²) in [5.74, 6) is 1.35. The topological polar surface area (TPSA) is 32.3 Å². The predicted octanol–water partition coefficient (Wildman–Crippen LogP) is 2.59. The maximum absolute atomic E-state index is 5.89. The summed E-state index contributed by atoms with van der Waals surface area (Å²) in [4.78, 5) is 14.2. The summed E-state index contributed by atoms with van der Waals surface area (Å²) in [5, 5.41) is 0. The van der Waals surface area contributed by atoms with E-state index in [0.29, 0.717) is 18.0 Å². The number of halogens is 1. The van der Waals surface area contributed by atoms with E-state index in [9.17, 15) is 0 Å². The van der Waals surface area contributed by atoms with Crippen molar-refractivity contribution in [1.82, 2.24) is 14.9 Å². The number of nitrogens with zero attached hydrogens (tertiary/aromatic N) is 4. The highest BCUT2D eigenvalue weighted by atomic mass is 35.5. The second-order valence-electron chi connectivity index (χ2n) is 6.06. The molecule has 0 amide bonds. The molecule has 0 saturated carbocycles. The first kappa shape index (κ1) is 14.1. The van der Waals surface area contributed by atoms with E-state index in [1.807, 2.05) is 13.1 Å². The van der Waals surface area contributed by atoms with Crippen molar-refractivity contribution in [1.29, 1.82) is 0 Å². The Labute approximate surface area is 126 Å². The van der Waals surface area contributed by atoms with Crippen LogP contribution < -0.4 is 4.90 Å². The van der Waals surface area contributed by atoms with Crippen molar-refractivity contribution in [2.24, 2.45) is 0 Å². The molecule has 20 heavy (non-hydrogen) atoms. The third-order valence-corrected chi connectivity index (χ3v) is 4.94. The van der Waals surface area contributed by atoms with Crippen LogP contribution in [-0.4, -0.2) is 46.6 Å². The molecular weight excluding hydrogens is 272 g/mol. The number of rotatable bonds is 2. The average Bonchev–Trinajstić information content (AvgIpc) is 2.46. The zero-order valence-corrected chi connectivity index (χ0v) is 13.1. The Balaban J connectivity index is 1.80. The molecule has 2 aliphatic rings. The number of aromatic nitrogens is 2. The van der Waals surface area contributed by atoms with Gasteiger partial charge in [-0.2, -0.15) is 0 Å². The predicted molar refractivity (Wildman–Crippen MR) is 82.3 cm³/mol. The lowest BCUT2D eigenvalue weighted by Crippen LogP contribution is -2.59. The van der Waals surface area contributed by atoms with Crippen LogP contribution in [-0.2, 0) is 5.88 Å². The van der Waals surface area contributed by atoms with E-state index in [-0.39, 0.29) is 0 Å². The normalized spacial score (nSPS) is 27.4. The van der Waals surface area contributed by atoms with Crippen molar-refractivity contribution in [3.05, 3.63) is 17.5 Å². The monoisotopic (exact) mass is 294 g/mol. The van der Waals surface area contributed by atoms with Crippen LogP contribution in [0, 0.1) is 6.92 Å². The highest BCUT2D eigenvalue weighted by Crippen LogP contribution is 2.26. The molecule has 1 aromatic heterocycles. The van der Waals surface area contributed by atoms with Crippen LogP contribution in [0.3, 0.4) is 0 Å². The Morgan fingerprint density at radius 2 is 2.20 bits per heavy atom. The Kier molecular flexibility index (Phi) is 4.13. The molecule has 0 bridgehead atoms. The minimum Gasteiger partial charge on any atom is -0.335 e. The van der Waals surface area contributed by atoms with Crippen molar-refractivity contribution < 1.29 is 0 Å². The molecule has 2 atom stereocenters. The van der Waals surface area contributed by atoms with Crippen molar-refractivity contribution in [3.8, 4) is 0 Å². The molecule has 3 heterocycles. The molecule has 3 rings (SSSR count). The molecule has 0 spiro atoms. The number of anilines is 1. The number of alkyl halides is 1. The first-order chi connectivity index (χ1) is 9.69. The van der Waals surface area contributed by atoms with Gasteiger partial charge < -0.3 is 4.90 Å². The lowest BCUT2D eigenvalue weighted by molar-refractivity contribution is 0.115. The van der Waals surface area contributed by atoms with Gasteiger partial charge in [0.05, 0.1) is 5.88 Å². The van der Waals surface area contributed by atoms with Crippen molar-refractivity contribution in [2.75, 3.05) is 24.5 Å². The van der Waals surface area contributed by atoms with Crippen LogP contribution in [0.2, 0.25) is 0 Å². The largest absolute Gasteiger partial charge is 0.335 e. The molecule has 1 aromatic rings. The summed E-state index contributed by atoms with van der Waals surface area (Å²) < 4.78 is 0. The van der Waals surface area contributed by atoms with Crippen LogP contribution in [0.25, 0.3) is 0 Å². The summed E-state index contributed by atoms with van der Waals surface area (Å²) in [6.45, 7) is 7.74. The molecule has 2 unspecified atom stereocenters. The van der Waals surface area contributed by atoms with Crippen LogP contribution in [0.1, 0.15) is 37.4 Å². The summed E-state index contributed by atoms with van der Waals surface area (Å²) in [7, 11) is 0. The van der Waals surface area contributed by atoms with Crippen molar-refractivity contribution >= 4 is 17.5 Å². The first-order valence-corrected chi connectivity index (χ1v) is 8.11. The highest BCUT2D eigenvalue weighted by Gasteiger charge is 2.34. The second-order valence-corrected chi connectivity index (χ2v) is 6.33. The van der Waals surface area contributed by atoms with Gasteiger partial charge in [0, 0.05) is 42.6 Å². The molecule has 4 nitrogen and oxygen atoms in total. The summed E-state index contributed by atoms with van der Waals surface area (Å²) in [5.41, 5.74) is 2.03. The van der Waals surface area contributed by atoms with Gasteiger partial charge in [-0.1, -0.05) is 6.42 Å². The Bertz CT molecular complexity index is 479. The van der Waals surface area contributed by atoms with E-state index in [2.05, 4.69) is 26.7 Å². The minimum atomic E-state index is 0.477. The van der Waals surface area contributed by atoms with E-state index >= 15 is 0 Å². The number of fused-ring (bicyclic) bond motifs is 1. The smallest absolute Gasteiger partial charge is 0.225 e. The first-order valence-electron chi connectivity index (χ1n) is 7.58. The molecule has 2 aliphatic heterocycles. The van der Waals surface area contributed by atoms with Crippen LogP contribution >= 0.6 is 11.6 Å². The quantitative estimate of drug-likeness (QED) is 0.785. The van der Waals surface area contributed by atoms with Gasteiger partial charge in [-0.3, -0.25) is 4.90 Å².